The van der Waals surface area contributed by atoms with Crippen molar-refractivity contribution in [3.05, 3.63) is 76.3 Å². The first-order valence-electron chi connectivity index (χ1n) is 8.45. The molecular formula is C21H20ClN3O3. The lowest BCUT2D eigenvalue weighted by molar-refractivity contribution is -0.131. The van der Waals surface area contributed by atoms with Gasteiger partial charge < -0.3 is 11.1 Å². The van der Waals surface area contributed by atoms with Crippen molar-refractivity contribution in [2.24, 2.45) is 5.73 Å². The molecule has 7 heteroatoms. The molecule has 0 aromatic heterocycles. The molecule has 2 atom stereocenters. The Balaban J connectivity index is 2.00. The van der Waals surface area contributed by atoms with Gasteiger partial charge in [0.2, 0.25) is 0 Å². The summed E-state index contributed by atoms with van der Waals surface area (Å²) in [4.78, 5) is 23.8. The molecule has 0 aliphatic heterocycles. The summed E-state index contributed by atoms with van der Waals surface area (Å²) in [6.45, 7) is 1.55. The standard InChI is InChI=1S/C21H20ClN3O3/c1-14(23)19(21(27)25-28)24-20(26)17-10-6-15(7-11-17)4-2-3-5-16-8-12-18(22)13-9-16/h2,4,6-14,19,28H,23H2,1H3,(H,24,26)(H,25,27)/t14-,19+/m1/s1. The highest BCUT2D eigenvalue weighted by molar-refractivity contribution is 6.30. The molecule has 2 amide bonds. The lowest BCUT2D eigenvalue weighted by Gasteiger charge is -2.20. The van der Waals surface area contributed by atoms with Crippen molar-refractivity contribution >= 4 is 29.5 Å². The summed E-state index contributed by atoms with van der Waals surface area (Å²) in [6.07, 6.45) is 3.52. The zero-order valence-electron chi connectivity index (χ0n) is 15.1. The van der Waals surface area contributed by atoms with Gasteiger partial charge in [-0.15, -0.1) is 0 Å². The molecule has 0 radical (unpaired) electrons. The summed E-state index contributed by atoms with van der Waals surface area (Å²) < 4.78 is 0. The summed E-state index contributed by atoms with van der Waals surface area (Å²) in [7, 11) is 0. The van der Waals surface area contributed by atoms with Crippen LogP contribution in [0.5, 0.6) is 0 Å². The number of benzene rings is 2. The third-order valence-electron chi connectivity index (χ3n) is 3.80. The first kappa shape index (κ1) is 21.2. The molecule has 0 aliphatic rings. The third kappa shape index (κ3) is 6.25. The van der Waals surface area contributed by atoms with Crippen molar-refractivity contribution in [1.29, 1.82) is 0 Å². The lowest BCUT2D eigenvalue weighted by Crippen LogP contribution is -2.54. The second kappa shape index (κ2) is 10.3. The van der Waals surface area contributed by atoms with Gasteiger partial charge in [-0.05, 0) is 61.0 Å². The number of hydrogen-bond acceptors (Lipinski definition) is 4. The number of hydrogen-bond donors (Lipinski definition) is 4. The number of rotatable bonds is 5. The van der Waals surface area contributed by atoms with Crippen molar-refractivity contribution in [3.8, 4) is 11.8 Å². The molecule has 144 valence electrons. The normalized spacial score (nSPS) is 12.6. The van der Waals surface area contributed by atoms with E-state index in [9.17, 15) is 9.59 Å². The van der Waals surface area contributed by atoms with E-state index in [2.05, 4.69) is 17.2 Å². The van der Waals surface area contributed by atoms with Crippen LogP contribution in [-0.4, -0.2) is 29.1 Å². The number of halogens is 1. The minimum Gasteiger partial charge on any atom is -0.339 e. The summed E-state index contributed by atoms with van der Waals surface area (Å²) in [5, 5.41) is 11.9. The lowest BCUT2D eigenvalue weighted by atomic mass is 10.1. The van der Waals surface area contributed by atoms with Crippen LogP contribution in [0.15, 0.2) is 54.6 Å². The quantitative estimate of drug-likeness (QED) is 0.353. The molecule has 0 fully saturated rings. The van der Waals surface area contributed by atoms with E-state index in [1.165, 1.54) is 5.48 Å². The molecule has 0 unspecified atom stereocenters. The maximum atomic E-state index is 12.3. The molecule has 0 heterocycles. The van der Waals surface area contributed by atoms with Gasteiger partial charge in [0, 0.05) is 22.2 Å². The average molecular weight is 398 g/mol. The predicted octanol–water partition coefficient (Wildman–Crippen LogP) is 2.36. The smallest absolute Gasteiger partial charge is 0.267 e. The first-order chi connectivity index (χ1) is 13.4. The van der Waals surface area contributed by atoms with Gasteiger partial charge in [-0.3, -0.25) is 14.8 Å². The van der Waals surface area contributed by atoms with Crippen LogP contribution in [0.3, 0.4) is 0 Å². The minimum absolute atomic E-state index is 0.362. The second-order valence-corrected chi connectivity index (χ2v) is 6.45. The van der Waals surface area contributed by atoms with Crippen molar-refractivity contribution in [2.75, 3.05) is 0 Å². The molecule has 28 heavy (non-hydrogen) atoms. The summed E-state index contributed by atoms with van der Waals surface area (Å²) in [6, 6.07) is 12.3. The van der Waals surface area contributed by atoms with Crippen molar-refractivity contribution in [2.45, 2.75) is 19.0 Å². The van der Waals surface area contributed by atoms with Gasteiger partial charge in [0.15, 0.2) is 0 Å². The van der Waals surface area contributed by atoms with E-state index in [0.29, 0.717) is 10.6 Å². The van der Waals surface area contributed by atoms with Gasteiger partial charge in [0.25, 0.3) is 11.8 Å². The molecule has 0 aliphatic carbocycles. The van der Waals surface area contributed by atoms with Gasteiger partial charge in [-0.1, -0.05) is 35.6 Å². The zero-order chi connectivity index (χ0) is 20.5. The Morgan fingerprint density at radius 3 is 2.36 bits per heavy atom. The fourth-order valence-electron chi connectivity index (χ4n) is 2.27. The van der Waals surface area contributed by atoms with E-state index in [1.807, 2.05) is 18.2 Å². The van der Waals surface area contributed by atoms with Gasteiger partial charge in [0.1, 0.15) is 6.04 Å². The molecule has 0 bridgehead atoms. The predicted molar refractivity (Wildman–Crippen MR) is 109 cm³/mol. The van der Waals surface area contributed by atoms with Gasteiger partial charge in [0.05, 0.1) is 0 Å². The van der Waals surface area contributed by atoms with Crippen LogP contribution >= 0.6 is 11.6 Å². The highest BCUT2D eigenvalue weighted by Gasteiger charge is 2.24. The maximum absolute atomic E-state index is 12.3. The number of carbonyl (C=O) groups excluding carboxylic acids is 2. The number of nitrogens with one attached hydrogen (secondary N) is 2. The van der Waals surface area contributed by atoms with Gasteiger partial charge in [-0.2, -0.15) is 0 Å². The van der Waals surface area contributed by atoms with E-state index >= 15 is 0 Å². The van der Waals surface area contributed by atoms with Crippen LogP contribution in [-0.2, 0) is 4.79 Å². The molecule has 5 N–H and O–H groups in total. The molecule has 6 nitrogen and oxygen atoms in total. The van der Waals surface area contributed by atoms with E-state index in [4.69, 9.17) is 22.5 Å². The van der Waals surface area contributed by atoms with Crippen LogP contribution in [0.25, 0.3) is 6.08 Å². The highest BCUT2D eigenvalue weighted by Crippen LogP contribution is 2.09. The Morgan fingerprint density at radius 2 is 1.79 bits per heavy atom. The number of amides is 2. The average Bonchev–Trinajstić information content (AvgIpc) is 2.70. The van der Waals surface area contributed by atoms with Gasteiger partial charge >= 0.3 is 0 Å². The molecule has 0 saturated carbocycles. The zero-order valence-corrected chi connectivity index (χ0v) is 15.9. The van der Waals surface area contributed by atoms with E-state index in [1.54, 1.807) is 49.4 Å². The summed E-state index contributed by atoms with van der Waals surface area (Å²) >= 11 is 5.83. The third-order valence-corrected chi connectivity index (χ3v) is 4.05. The monoisotopic (exact) mass is 397 g/mol. The van der Waals surface area contributed by atoms with Crippen LogP contribution in [0.1, 0.15) is 28.4 Å². The number of allylic oxidation sites excluding steroid dienone is 1. The minimum atomic E-state index is -1.04. The Hall–Kier alpha value is -3.11. The van der Waals surface area contributed by atoms with E-state index in [0.717, 1.165) is 11.1 Å². The highest BCUT2D eigenvalue weighted by atomic mass is 35.5. The molecule has 0 spiro atoms. The van der Waals surface area contributed by atoms with Crippen LogP contribution in [0.2, 0.25) is 5.02 Å². The summed E-state index contributed by atoms with van der Waals surface area (Å²) in [5.41, 5.74) is 9.24. The Kier molecular flexibility index (Phi) is 7.78. The molecule has 2 rings (SSSR count). The van der Waals surface area contributed by atoms with Gasteiger partial charge in [-0.25, -0.2) is 5.48 Å². The molecular weight excluding hydrogens is 378 g/mol. The molecule has 0 saturated heterocycles. The topological polar surface area (TPSA) is 104 Å². The van der Waals surface area contributed by atoms with Crippen molar-refractivity contribution in [1.82, 2.24) is 10.8 Å². The van der Waals surface area contributed by atoms with Crippen LogP contribution in [0.4, 0.5) is 0 Å². The second-order valence-electron chi connectivity index (χ2n) is 6.02. The fraction of sp³-hybridized carbons (Fsp3) is 0.143. The van der Waals surface area contributed by atoms with Crippen LogP contribution < -0.4 is 16.5 Å². The number of carbonyl (C=O) groups is 2. The van der Waals surface area contributed by atoms with E-state index in [-0.39, 0.29) is 0 Å². The molecule has 2 aromatic carbocycles. The Morgan fingerprint density at radius 1 is 1.14 bits per heavy atom. The largest absolute Gasteiger partial charge is 0.339 e. The Bertz CT molecular complexity index is 911. The maximum Gasteiger partial charge on any atom is 0.267 e. The number of hydroxylamine groups is 1. The summed E-state index contributed by atoms with van der Waals surface area (Å²) in [5.74, 6) is 4.68. The fourth-order valence-corrected chi connectivity index (χ4v) is 2.40. The first-order valence-corrected chi connectivity index (χ1v) is 8.82. The van der Waals surface area contributed by atoms with E-state index < -0.39 is 23.9 Å². The Labute approximate surface area is 168 Å². The van der Waals surface area contributed by atoms with Crippen molar-refractivity contribution in [3.63, 3.8) is 0 Å². The SMILES string of the molecule is C[C@@H](N)[C@H](NC(=O)c1ccc(C=CC#Cc2ccc(Cl)cc2)cc1)C(=O)NO. The van der Waals surface area contributed by atoms with Crippen molar-refractivity contribution < 1.29 is 14.8 Å². The molecule has 2 aromatic rings. The number of nitrogens with two attached hydrogens (primary N) is 1. The van der Waals surface area contributed by atoms with Crippen LogP contribution in [0, 0.1) is 11.8 Å².